The molecule has 0 radical (unpaired) electrons. The van der Waals surface area contributed by atoms with Crippen LogP contribution in [0.2, 0.25) is 10.0 Å². The van der Waals surface area contributed by atoms with Crippen molar-refractivity contribution in [1.82, 2.24) is 10.2 Å². The van der Waals surface area contributed by atoms with Gasteiger partial charge in [-0.05, 0) is 50.6 Å². The lowest BCUT2D eigenvalue weighted by molar-refractivity contribution is -0.140. The van der Waals surface area contributed by atoms with Crippen LogP contribution < -0.4 is 19.1 Å². The summed E-state index contributed by atoms with van der Waals surface area (Å²) in [5.41, 5.74) is 1.49. The van der Waals surface area contributed by atoms with Gasteiger partial charge in [-0.1, -0.05) is 59.6 Å². The number of hydrogen-bond acceptors (Lipinski definition) is 6. The van der Waals surface area contributed by atoms with Crippen LogP contribution in [0.25, 0.3) is 0 Å². The molecule has 1 N–H and O–H groups in total. The van der Waals surface area contributed by atoms with Crippen LogP contribution in [-0.4, -0.2) is 56.3 Å². The van der Waals surface area contributed by atoms with Gasteiger partial charge in [0.1, 0.15) is 12.6 Å². The van der Waals surface area contributed by atoms with Crippen molar-refractivity contribution in [3.63, 3.8) is 0 Å². The van der Waals surface area contributed by atoms with Crippen LogP contribution in [-0.2, 0) is 32.6 Å². The van der Waals surface area contributed by atoms with Gasteiger partial charge < -0.3 is 19.7 Å². The van der Waals surface area contributed by atoms with E-state index in [9.17, 15) is 18.0 Å². The number of hydrogen-bond donors (Lipinski definition) is 1. The van der Waals surface area contributed by atoms with Crippen LogP contribution in [0.3, 0.4) is 0 Å². The van der Waals surface area contributed by atoms with Gasteiger partial charge in [0.2, 0.25) is 28.6 Å². The van der Waals surface area contributed by atoms with Crippen molar-refractivity contribution in [3.8, 4) is 11.5 Å². The summed E-state index contributed by atoms with van der Waals surface area (Å²) in [5, 5.41) is 3.54. The summed E-state index contributed by atoms with van der Waals surface area (Å²) in [6, 6.07) is 17.7. The third-order valence-electron chi connectivity index (χ3n) is 6.72. The molecule has 0 fully saturated rings. The quantitative estimate of drug-likeness (QED) is 0.299. The monoisotopic (exact) mass is 633 g/mol. The van der Waals surface area contributed by atoms with Crippen molar-refractivity contribution >= 4 is 50.7 Å². The number of carbonyl (C=O) groups is 2. The minimum Gasteiger partial charge on any atom is -0.454 e. The van der Waals surface area contributed by atoms with Crippen LogP contribution in [0.5, 0.6) is 11.5 Å². The molecular formula is C30H33Cl2N3O6S. The first-order valence-corrected chi connectivity index (χ1v) is 15.8. The molecule has 1 aliphatic heterocycles. The molecule has 1 atom stereocenters. The van der Waals surface area contributed by atoms with E-state index in [2.05, 4.69) is 5.32 Å². The Morgan fingerprint density at radius 2 is 1.62 bits per heavy atom. The summed E-state index contributed by atoms with van der Waals surface area (Å²) in [6.45, 7) is 4.46. The van der Waals surface area contributed by atoms with Crippen LogP contribution in [0.1, 0.15) is 31.9 Å². The van der Waals surface area contributed by atoms with Gasteiger partial charge in [-0.2, -0.15) is 0 Å². The number of carbonyl (C=O) groups excluding carboxylic acids is 2. The number of amides is 2. The summed E-state index contributed by atoms with van der Waals surface area (Å²) in [7, 11) is -3.94. The van der Waals surface area contributed by atoms with Gasteiger partial charge in [-0.3, -0.25) is 13.9 Å². The van der Waals surface area contributed by atoms with E-state index in [1.165, 1.54) is 17.9 Å². The number of ether oxygens (including phenoxy) is 2. The molecule has 0 spiro atoms. The number of halogens is 2. The van der Waals surface area contributed by atoms with Crippen molar-refractivity contribution < 1.29 is 27.5 Å². The van der Waals surface area contributed by atoms with Crippen LogP contribution in [0.15, 0.2) is 66.7 Å². The number of anilines is 1. The number of nitrogens with one attached hydrogen (secondary N) is 1. The first-order chi connectivity index (χ1) is 20.0. The Morgan fingerprint density at radius 1 is 0.952 bits per heavy atom. The zero-order valence-corrected chi connectivity index (χ0v) is 25.9. The zero-order valence-electron chi connectivity index (χ0n) is 23.5. The molecule has 0 saturated heterocycles. The van der Waals surface area contributed by atoms with E-state index in [-0.39, 0.29) is 37.2 Å². The zero-order chi connectivity index (χ0) is 30.4. The maximum absolute atomic E-state index is 14.3. The summed E-state index contributed by atoms with van der Waals surface area (Å²) in [6.07, 6.45) is 0.178. The summed E-state index contributed by atoms with van der Waals surface area (Å²) in [4.78, 5) is 29.3. The Bertz CT molecular complexity index is 1510. The first-order valence-electron chi connectivity index (χ1n) is 13.5. The Morgan fingerprint density at radius 3 is 2.26 bits per heavy atom. The predicted octanol–water partition coefficient (Wildman–Crippen LogP) is 5.04. The Kier molecular flexibility index (Phi) is 10.2. The molecule has 0 saturated carbocycles. The molecule has 224 valence electrons. The largest absolute Gasteiger partial charge is 0.454 e. The fraction of sp³-hybridized carbons (Fsp3) is 0.333. The molecule has 0 bridgehead atoms. The van der Waals surface area contributed by atoms with Crippen LogP contribution in [0.4, 0.5) is 5.69 Å². The number of fused-ring (bicyclic) bond motifs is 1. The average Bonchev–Trinajstić information content (AvgIpc) is 3.43. The van der Waals surface area contributed by atoms with Gasteiger partial charge in [0.05, 0.1) is 11.4 Å². The van der Waals surface area contributed by atoms with Gasteiger partial charge in [0.25, 0.3) is 0 Å². The topological polar surface area (TPSA) is 105 Å². The van der Waals surface area contributed by atoms with Gasteiger partial charge in [-0.25, -0.2) is 8.42 Å². The molecule has 12 heteroatoms. The standard InChI is InChI=1S/C30H33Cl2N3O6S/c1-4-42(38,39)35(22-13-14-27-28(16-22)41-19-40-27)18-29(36)34(17-23-24(31)11-8-12-25(23)32)26(30(37)33-20(2)3)15-21-9-6-5-7-10-21/h5-14,16,20,26H,4,15,17-19H2,1-3H3,(H,33,37)/t26-/m0/s1. The maximum Gasteiger partial charge on any atom is 0.244 e. The molecule has 2 amide bonds. The lowest BCUT2D eigenvalue weighted by Crippen LogP contribution is -2.54. The second-order valence-electron chi connectivity index (χ2n) is 10.0. The number of rotatable bonds is 12. The number of benzene rings is 3. The lowest BCUT2D eigenvalue weighted by atomic mass is 10.0. The highest BCUT2D eigenvalue weighted by molar-refractivity contribution is 7.92. The predicted molar refractivity (Wildman–Crippen MR) is 164 cm³/mol. The molecule has 3 aromatic carbocycles. The molecule has 3 aromatic rings. The van der Waals surface area contributed by atoms with Gasteiger partial charge >= 0.3 is 0 Å². The highest BCUT2D eigenvalue weighted by atomic mass is 35.5. The van der Waals surface area contributed by atoms with Crippen molar-refractivity contribution in [2.24, 2.45) is 0 Å². The van der Waals surface area contributed by atoms with Crippen molar-refractivity contribution in [2.75, 3.05) is 23.4 Å². The highest BCUT2D eigenvalue weighted by Gasteiger charge is 2.35. The molecule has 1 aliphatic rings. The number of nitrogens with zero attached hydrogens (tertiary/aromatic N) is 2. The molecule has 0 aliphatic carbocycles. The summed E-state index contributed by atoms with van der Waals surface area (Å²) < 4.78 is 38.5. The third kappa shape index (κ3) is 7.48. The molecule has 9 nitrogen and oxygen atoms in total. The van der Waals surface area contributed by atoms with Crippen molar-refractivity contribution in [1.29, 1.82) is 0 Å². The maximum atomic E-state index is 14.3. The highest BCUT2D eigenvalue weighted by Crippen LogP contribution is 2.36. The molecule has 4 rings (SSSR count). The van der Waals surface area contributed by atoms with E-state index in [1.54, 1.807) is 30.3 Å². The second-order valence-corrected chi connectivity index (χ2v) is 13.0. The van der Waals surface area contributed by atoms with E-state index in [4.69, 9.17) is 32.7 Å². The fourth-order valence-electron chi connectivity index (χ4n) is 4.55. The van der Waals surface area contributed by atoms with Crippen LogP contribution in [0, 0.1) is 0 Å². The second kappa shape index (κ2) is 13.7. The molecule has 0 unspecified atom stereocenters. The molecule has 1 heterocycles. The molecular weight excluding hydrogens is 601 g/mol. The lowest BCUT2D eigenvalue weighted by Gasteiger charge is -2.34. The van der Waals surface area contributed by atoms with Crippen molar-refractivity contribution in [2.45, 2.75) is 45.8 Å². The normalized spacial score (nSPS) is 13.1. The van der Waals surface area contributed by atoms with E-state index in [1.807, 2.05) is 44.2 Å². The van der Waals surface area contributed by atoms with E-state index < -0.39 is 34.4 Å². The van der Waals surface area contributed by atoms with Crippen molar-refractivity contribution in [3.05, 3.63) is 87.9 Å². The molecule has 0 aromatic heterocycles. The first kappa shape index (κ1) is 31.5. The number of sulfonamides is 1. The smallest absolute Gasteiger partial charge is 0.244 e. The Labute approximate surface area is 256 Å². The van der Waals surface area contributed by atoms with Crippen LogP contribution >= 0.6 is 23.2 Å². The van der Waals surface area contributed by atoms with Gasteiger partial charge in [0, 0.05) is 40.7 Å². The summed E-state index contributed by atoms with van der Waals surface area (Å²) in [5.74, 6) is -0.415. The SMILES string of the molecule is CCS(=O)(=O)N(CC(=O)N(Cc1c(Cl)cccc1Cl)[C@@H](Cc1ccccc1)C(=O)NC(C)C)c1ccc2c(c1)OCO2. The third-order valence-corrected chi connectivity index (χ3v) is 9.17. The minimum atomic E-state index is -3.94. The Hall–Kier alpha value is -3.47. The molecule has 42 heavy (non-hydrogen) atoms. The van der Waals surface area contributed by atoms with E-state index in [0.29, 0.717) is 27.1 Å². The minimum absolute atomic E-state index is 0.0107. The van der Waals surface area contributed by atoms with Gasteiger partial charge in [-0.15, -0.1) is 0 Å². The van der Waals surface area contributed by atoms with E-state index >= 15 is 0 Å². The van der Waals surface area contributed by atoms with E-state index in [0.717, 1.165) is 9.87 Å². The fourth-order valence-corrected chi connectivity index (χ4v) is 6.12. The summed E-state index contributed by atoms with van der Waals surface area (Å²) >= 11 is 13.0. The van der Waals surface area contributed by atoms with Gasteiger partial charge in [0.15, 0.2) is 11.5 Å². The average molecular weight is 635 g/mol. The Balaban J connectivity index is 1.78.